The number of carbonyl (C=O) groups excluding carboxylic acids is 2. The molecule has 1 N–H and O–H groups in total. The Labute approximate surface area is 149 Å². The second-order valence-electron chi connectivity index (χ2n) is 8.09. The molecule has 5 heteroatoms. The average molecular weight is 344 g/mol. The van der Waals surface area contributed by atoms with Crippen LogP contribution in [0, 0.1) is 5.92 Å². The van der Waals surface area contributed by atoms with E-state index in [4.69, 9.17) is 4.74 Å². The first-order valence-electron chi connectivity index (χ1n) is 9.12. The van der Waals surface area contributed by atoms with Crippen molar-refractivity contribution in [3.63, 3.8) is 0 Å². The summed E-state index contributed by atoms with van der Waals surface area (Å²) in [5.41, 5.74) is 1.50. The molecule has 2 aliphatic rings. The number of benzene rings is 1. The van der Waals surface area contributed by atoms with Crippen molar-refractivity contribution in [2.45, 2.75) is 64.8 Å². The molecule has 1 fully saturated rings. The molecule has 2 aliphatic heterocycles. The lowest BCUT2D eigenvalue weighted by Gasteiger charge is -2.37. The van der Waals surface area contributed by atoms with Crippen LogP contribution in [0.3, 0.4) is 0 Å². The van der Waals surface area contributed by atoms with Gasteiger partial charge in [-0.2, -0.15) is 0 Å². The molecule has 1 saturated heterocycles. The van der Waals surface area contributed by atoms with Gasteiger partial charge in [-0.1, -0.05) is 32.0 Å². The summed E-state index contributed by atoms with van der Waals surface area (Å²) in [6.07, 6.45) is 1.60. The number of hydrogen-bond acceptors (Lipinski definition) is 3. The predicted octanol–water partition coefficient (Wildman–Crippen LogP) is 2.74. The number of carbonyl (C=O) groups is 2. The number of rotatable bonds is 4. The minimum atomic E-state index is -0.453. The van der Waals surface area contributed by atoms with E-state index in [1.54, 1.807) is 4.90 Å². The molecule has 5 nitrogen and oxygen atoms in total. The number of ether oxygens (including phenoxy) is 1. The number of fused-ring (bicyclic) bond motifs is 1. The number of amides is 2. The zero-order chi connectivity index (χ0) is 18.2. The van der Waals surface area contributed by atoms with Gasteiger partial charge in [-0.25, -0.2) is 0 Å². The van der Waals surface area contributed by atoms with Gasteiger partial charge >= 0.3 is 0 Å². The maximum Gasteiger partial charge on any atom is 0.255 e. The van der Waals surface area contributed by atoms with Crippen LogP contribution in [-0.2, 0) is 16.1 Å². The fourth-order valence-electron chi connectivity index (χ4n) is 3.95. The molecule has 2 heterocycles. The lowest BCUT2D eigenvalue weighted by molar-refractivity contribution is -0.130. The first-order chi connectivity index (χ1) is 11.8. The Bertz CT molecular complexity index is 669. The summed E-state index contributed by atoms with van der Waals surface area (Å²) in [5.74, 6) is -0.0540. The minimum absolute atomic E-state index is 0.0447. The van der Waals surface area contributed by atoms with Crippen molar-refractivity contribution in [1.82, 2.24) is 10.2 Å². The molecule has 1 aromatic carbocycles. The van der Waals surface area contributed by atoms with E-state index >= 15 is 0 Å². The molecule has 2 amide bonds. The molecule has 0 radical (unpaired) electrons. The first kappa shape index (κ1) is 17.9. The van der Waals surface area contributed by atoms with Crippen molar-refractivity contribution in [2.75, 3.05) is 6.61 Å². The van der Waals surface area contributed by atoms with Crippen LogP contribution in [0.2, 0.25) is 0 Å². The number of hydrogen-bond donors (Lipinski definition) is 1. The topological polar surface area (TPSA) is 58.6 Å². The molecule has 25 heavy (non-hydrogen) atoms. The van der Waals surface area contributed by atoms with E-state index in [-0.39, 0.29) is 29.4 Å². The summed E-state index contributed by atoms with van der Waals surface area (Å²) in [7, 11) is 0. The molecule has 136 valence electrons. The maximum atomic E-state index is 13.0. The van der Waals surface area contributed by atoms with Crippen LogP contribution in [0.4, 0.5) is 0 Å². The highest BCUT2D eigenvalue weighted by atomic mass is 16.5. The molecule has 3 rings (SSSR count). The van der Waals surface area contributed by atoms with Crippen LogP contribution in [0.15, 0.2) is 24.3 Å². The quantitative estimate of drug-likeness (QED) is 0.914. The maximum absolute atomic E-state index is 13.0. The molecule has 0 spiro atoms. The van der Waals surface area contributed by atoms with E-state index in [9.17, 15) is 9.59 Å². The third kappa shape index (κ3) is 3.71. The van der Waals surface area contributed by atoms with Gasteiger partial charge in [0.25, 0.3) is 5.91 Å². The molecule has 0 aromatic heterocycles. The molecule has 2 atom stereocenters. The Morgan fingerprint density at radius 3 is 2.68 bits per heavy atom. The van der Waals surface area contributed by atoms with Crippen molar-refractivity contribution < 1.29 is 14.3 Å². The Morgan fingerprint density at radius 2 is 2.04 bits per heavy atom. The summed E-state index contributed by atoms with van der Waals surface area (Å²) in [6.45, 7) is 9.24. The lowest BCUT2D eigenvalue weighted by atomic mass is 9.93. The minimum Gasteiger partial charge on any atom is -0.375 e. The van der Waals surface area contributed by atoms with Crippen LogP contribution >= 0.6 is 0 Å². The number of nitrogens with zero attached hydrogens (tertiary/aromatic N) is 1. The van der Waals surface area contributed by atoms with E-state index in [0.717, 1.165) is 18.4 Å². The molecule has 0 aliphatic carbocycles. The Kier molecular flexibility index (Phi) is 4.87. The van der Waals surface area contributed by atoms with Gasteiger partial charge in [0.1, 0.15) is 6.04 Å². The summed E-state index contributed by atoms with van der Waals surface area (Å²) < 4.78 is 5.73. The van der Waals surface area contributed by atoms with Crippen LogP contribution in [0.5, 0.6) is 0 Å². The lowest BCUT2D eigenvalue weighted by Crippen LogP contribution is -2.54. The van der Waals surface area contributed by atoms with Gasteiger partial charge in [0.05, 0.1) is 5.60 Å². The zero-order valence-electron chi connectivity index (χ0n) is 15.5. The van der Waals surface area contributed by atoms with E-state index < -0.39 is 6.04 Å². The number of nitrogens with one attached hydrogen (secondary N) is 1. The van der Waals surface area contributed by atoms with E-state index in [1.807, 2.05) is 52.0 Å². The van der Waals surface area contributed by atoms with Gasteiger partial charge in [-0.15, -0.1) is 0 Å². The van der Waals surface area contributed by atoms with Gasteiger partial charge in [0, 0.05) is 24.8 Å². The second-order valence-corrected chi connectivity index (χ2v) is 8.09. The van der Waals surface area contributed by atoms with E-state index in [1.165, 1.54) is 0 Å². The summed E-state index contributed by atoms with van der Waals surface area (Å²) in [6, 6.07) is 7.25. The molecular formula is C20H28N2O3. The molecule has 0 saturated carbocycles. The van der Waals surface area contributed by atoms with Gasteiger partial charge in [-0.3, -0.25) is 9.59 Å². The Balaban J connectivity index is 1.74. The van der Waals surface area contributed by atoms with E-state index in [2.05, 4.69) is 5.32 Å². The van der Waals surface area contributed by atoms with Gasteiger partial charge in [0.15, 0.2) is 0 Å². The molecule has 1 aromatic rings. The normalized spacial score (nSPS) is 23.5. The average Bonchev–Trinajstić information content (AvgIpc) is 2.83. The Hall–Kier alpha value is -1.88. The van der Waals surface area contributed by atoms with Crippen molar-refractivity contribution >= 4 is 11.8 Å². The fraction of sp³-hybridized carbons (Fsp3) is 0.600. The van der Waals surface area contributed by atoms with Crippen molar-refractivity contribution in [1.29, 1.82) is 0 Å². The Morgan fingerprint density at radius 1 is 1.32 bits per heavy atom. The highest BCUT2D eigenvalue weighted by molar-refractivity contribution is 6.01. The third-order valence-corrected chi connectivity index (χ3v) is 5.13. The molecule has 2 unspecified atom stereocenters. The summed E-state index contributed by atoms with van der Waals surface area (Å²) >= 11 is 0. The standard InChI is InChI=1S/C20H28N2O3/c1-13(2)17(18(23)21-15-9-10-25-20(3,4)11-15)22-12-14-7-5-6-8-16(14)19(22)24/h5-8,13,15,17H,9-12H2,1-4H3,(H,21,23). The third-order valence-electron chi connectivity index (χ3n) is 5.13. The van der Waals surface area contributed by atoms with Gasteiger partial charge in [-0.05, 0) is 44.2 Å². The molecule has 0 bridgehead atoms. The predicted molar refractivity (Wildman–Crippen MR) is 96.1 cm³/mol. The van der Waals surface area contributed by atoms with Crippen molar-refractivity contribution in [2.24, 2.45) is 5.92 Å². The van der Waals surface area contributed by atoms with Crippen LogP contribution in [0.1, 0.15) is 56.5 Å². The highest BCUT2D eigenvalue weighted by Gasteiger charge is 2.39. The van der Waals surface area contributed by atoms with Crippen LogP contribution in [0.25, 0.3) is 0 Å². The SMILES string of the molecule is CC(C)C(C(=O)NC1CCOC(C)(C)C1)N1Cc2ccccc2C1=O. The summed E-state index contributed by atoms with van der Waals surface area (Å²) in [5, 5.41) is 3.17. The smallest absolute Gasteiger partial charge is 0.255 e. The fourth-order valence-corrected chi connectivity index (χ4v) is 3.95. The van der Waals surface area contributed by atoms with Gasteiger partial charge < -0.3 is 15.0 Å². The van der Waals surface area contributed by atoms with Crippen LogP contribution < -0.4 is 5.32 Å². The molecular weight excluding hydrogens is 316 g/mol. The summed E-state index contributed by atoms with van der Waals surface area (Å²) in [4.78, 5) is 27.5. The zero-order valence-corrected chi connectivity index (χ0v) is 15.5. The largest absolute Gasteiger partial charge is 0.375 e. The van der Waals surface area contributed by atoms with Crippen LogP contribution in [-0.4, -0.2) is 41.0 Å². The highest BCUT2D eigenvalue weighted by Crippen LogP contribution is 2.28. The van der Waals surface area contributed by atoms with Crippen molar-refractivity contribution in [3.8, 4) is 0 Å². The second kappa shape index (κ2) is 6.79. The van der Waals surface area contributed by atoms with Gasteiger partial charge in [0.2, 0.25) is 5.91 Å². The monoisotopic (exact) mass is 344 g/mol. The van der Waals surface area contributed by atoms with Crippen molar-refractivity contribution in [3.05, 3.63) is 35.4 Å². The van der Waals surface area contributed by atoms with E-state index in [0.29, 0.717) is 18.7 Å². The first-order valence-corrected chi connectivity index (χ1v) is 9.12.